The van der Waals surface area contributed by atoms with Gasteiger partial charge in [-0.05, 0) is 6.92 Å². The second-order valence-corrected chi connectivity index (χ2v) is 2.45. The van der Waals surface area contributed by atoms with Gasteiger partial charge in [-0.25, -0.2) is 4.79 Å². The van der Waals surface area contributed by atoms with Crippen LogP contribution in [0.25, 0.3) is 0 Å². The van der Waals surface area contributed by atoms with Crippen molar-refractivity contribution in [2.24, 2.45) is 0 Å². The van der Waals surface area contributed by atoms with Gasteiger partial charge in [0.05, 0.1) is 11.8 Å². The maximum absolute atomic E-state index is 10.9. The Labute approximate surface area is 68.4 Å². The highest BCUT2D eigenvalue weighted by atomic mass is 16.4. The minimum absolute atomic E-state index is 0.0185. The second-order valence-electron chi connectivity index (χ2n) is 2.45. The highest BCUT2D eigenvalue weighted by Gasteiger charge is 2.09. The molecule has 0 bridgehead atoms. The van der Waals surface area contributed by atoms with E-state index in [-0.39, 0.29) is 23.5 Å². The molecular formula is C8H8O4. The molecule has 0 aliphatic rings. The Balaban J connectivity index is 3.13. The Morgan fingerprint density at radius 3 is 2.83 bits per heavy atom. The molecule has 0 unspecified atom stereocenters. The van der Waals surface area contributed by atoms with Crippen molar-refractivity contribution < 1.29 is 14.3 Å². The molecule has 1 aromatic rings. The predicted octanol–water partition coefficient (Wildman–Crippen LogP) is 0.477. The third kappa shape index (κ3) is 1.72. The fraction of sp³-hybridized carbons (Fsp3) is 0.250. The Bertz CT molecular complexity index is 350. The molecule has 1 heterocycles. The van der Waals surface area contributed by atoms with Crippen molar-refractivity contribution in [2.75, 3.05) is 0 Å². The van der Waals surface area contributed by atoms with Crippen molar-refractivity contribution in [3.63, 3.8) is 0 Å². The van der Waals surface area contributed by atoms with E-state index in [2.05, 4.69) is 4.42 Å². The zero-order chi connectivity index (χ0) is 9.14. The topological polar surface area (TPSA) is 67.5 Å². The third-order valence-electron chi connectivity index (χ3n) is 1.38. The van der Waals surface area contributed by atoms with Gasteiger partial charge in [0.2, 0.25) is 0 Å². The summed E-state index contributed by atoms with van der Waals surface area (Å²) < 4.78 is 4.47. The first-order valence-corrected chi connectivity index (χ1v) is 3.40. The van der Waals surface area contributed by atoms with Crippen LogP contribution in [0.5, 0.6) is 5.75 Å². The maximum Gasteiger partial charge on any atom is 0.343 e. The SMILES string of the molecule is CC(=O)Cc1c(O)ccoc1=O. The van der Waals surface area contributed by atoms with Crippen LogP contribution in [0.15, 0.2) is 21.5 Å². The zero-order valence-corrected chi connectivity index (χ0v) is 6.53. The molecule has 0 atom stereocenters. The van der Waals surface area contributed by atoms with Crippen LogP contribution in [0.3, 0.4) is 0 Å². The molecule has 0 amide bonds. The Morgan fingerprint density at radius 1 is 1.67 bits per heavy atom. The molecule has 0 saturated heterocycles. The molecule has 4 nitrogen and oxygen atoms in total. The first kappa shape index (κ1) is 8.52. The molecule has 0 fully saturated rings. The van der Waals surface area contributed by atoms with E-state index in [1.165, 1.54) is 13.0 Å². The monoisotopic (exact) mass is 168 g/mol. The number of ketones is 1. The highest BCUT2D eigenvalue weighted by molar-refractivity contribution is 5.78. The van der Waals surface area contributed by atoms with Crippen LogP contribution in [0.2, 0.25) is 0 Å². The van der Waals surface area contributed by atoms with E-state index in [4.69, 9.17) is 5.11 Å². The average Bonchev–Trinajstić information content (AvgIpc) is 1.97. The molecule has 1 rings (SSSR count). The van der Waals surface area contributed by atoms with E-state index in [0.29, 0.717) is 0 Å². The average molecular weight is 168 g/mol. The van der Waals surface area contributed by atoms with Crippen molar-refractivity contribution in [1.29, 1.82) is 0 Å². The minimum Gasteiger partial charge on any atom is -0.507 e. The van der Waals surface area contributed by atoms with Crippen molar-refractivity contribution in [3.05, 3.63) is 28.3 Å². The van der Waals surface area contributed by atoms with Gasteiger partial charge in [-0.15, -0.1) is 0 Å². The molecule has 4 heteroatoms. The highest BCUT2D eigenvalue weighted by Crippen LogP contribution is 2.11. The van der Waals surface area contributed by atoms with Gasteiger partial charge in [-0.1, -0.05) is 0 Å². The molecule has 0 aliphatic heterocycles. The van der Waals surface area contributed by atoms with E-state index < -0.39 is 5.63 Å². The molecule has 0 aromatic carbocycles. The molecule has 0 saturated carbocycles. The standard InChI is InChI=1S/C8H8O4/c1-5(9)4-6-7(10)2-3-12-8(6)11/h2-3,10H,4H2,1H3. The molecule has 0 radical (unpaired) electrons. The number of carbonyl (C=O) groups is 1. The first-order valence-electron chi connectivity index (χ1n) is 3.40. The lowest BCUT2D eigenvalue weighted by atomic mass is 10.1. The van der Waals surface area contributed by atoms with E-state index in [1.54, 1.807) is 0 Å². The van der Waals surface area contributed by atoms with Crippen molar-refractivity contribution in [2.45, 2.75) is 13.3 Å². The summed E-state index contributed by atoms with van der Waals surface area (Å²) in [6.07, 6.45) is 0.996. The summed E-state index contributed by atoms with van der Waals surface area (Å²) in [7, 11) is 0. The van der Waals surface area contributed by atoms with Gasteiger partial charge < -0.3 is 9.52 Å². The Hall–Kier alpha value is -1.58. The van der Waals surface area contributed by atoms with E-state index >= 15 is 0 Å². The fourth-order valence-electron chi connectivity index (χ4n) is 0.848. The number of rotatable bonds is 2. The van der Waals surface area contributed by atoms with Crippen molar-refractivity contribution in [1.82, 2.24) is 0 Å². The molecule has 64 valence electrons. The lowest BCUT2D eigenvalue weighted by Crippen LogP contribution is -2.10. The van der Waals surface area contributed by atoms with Crippen LogP contribution in [-0.4, -0.2) is 10.9 Å². The van der Waals surface area contributed by atoms with E-state index in [0.717, 1.165) is 6.26 Å². The molecule has 12 heavy (non-hydrogen) atoms. The van der Waals surface area contributed by atoms with Gasteiger partial charge in [0, 0.05) is 12.5 Å². The maximum atomic E-state index is 10.9. The van der Waals surface area contributed by atoms with Gasteiger partial charge in [-0.3, -0.25) is 4.79 Å². The molecule has 0 spiro atoms. The lowest BCUT2D eigenvalue weighted by molar-refractivity contribution is -0.116. The largest absolute Gasteiger partial charge is 0.507 e. The van der Waals surface area contributed by atoms with Gasteiger partial charge in [0.1, 0.15) is 11.5 Å². The Kier molecular flexibility index (Phi) is 2.28. The summed E-state index contributed by atoms with van der Waals surface area (Å²) in [5.74, 6) is -0.384. The number of Topliss-reactive ketones (excluding diaryl/α,β-unsaturated/α-hetero) is 1. The van der Waals surface area contributed by atoms with Crippen LogP contribution >= 0.6 is 0 Å². The minimum atomic E-state index is -0.662. The Morgan fingerprint density at radius 2 is 2.33 bits per heavy atom. The number of hydrogen-bond donors (Lipinski definition) is 1. The normalized spacial score (nSPS) is 9.75. The summed E-state index contributed by atoms with van der Waals surface area (Å²) in [5.41, 5.74) is -0.643. The summed E-state index contributed by atoms with van der Waals surface area (Å²) in [6, 6.07) is 1.24. The quantitative estimate of drug-likeness (QED) is 0.697. The van der Waals surface area contributed by atoms with Gasteiger partial charge in [-0.2, -0.15) is 0 Å². The van der Waals surface area contributed by atoms with E-state index in [9.17, 15) is 9.59 Å². The molecular weight excluding hydrogens is 160 g/mol. The number of aromatic hydroxyl groups is 1. The second kappa shape index (κ2) is 3.21. The van der Waals surface area contributed by atoms with Gasteiger partial charge in [0.15, 0.2) is 0 Å². The molecule has 1 N–H and O–H groups in total. The predicted molar refractivity (Wildman–Crippen MR) is 41.0 cm³/mol. The van der Waals surface area contributed by atoms with Gasteiger partial charge in [0.25, 0.3) is 0 Å². The van der Waals surface area contributed by atoms with Crippen LogP contribution in [-0.2, 0) is 11.2 Å². The summed E-state index contributed by atoms with van der Waals surface area (Å²) >= 11 is 0. The first-order chi connectivity index (χ1) is 5.61. The van der Waals surface area contributed by atoms with Crippen molar-refractivity contribution >= 4 is 5.78 Å². The van der Waals surface area contributed by atoms with Crippen LogP contribution < -0.4 is 5.63 Å². The summed E-state index contributed by atoms with van der Waals surface area (Å²) in [6.45, 7) is 1.34. The zero-order valence-electron chi connectivity index (χ0n) is 6.53. The van der Waals surface area contributed by atoms with Crippen LogP contribution in [0, 0.1) is 0 Å². The van der Waals surface area contributed by atoms with Gasteiger partial charge >= 0.3 is 5.63 Å². The fourth-order valence-corrected chi connectivity index (χ4v) is 0.848. The number of hydrogen-bond acceptors (Lipinski definition) is 4. The van der Waals surface area contributed by atoms with Crippen molar-refractivity contribution in [3.8, 4) is 5.75 Å². The van der Waals surface area contributed by atoms with Crippen LogP contribution in [0.1, 0.15) is 12.5 Å². The molecule has 1 aromatic heterocycles. The smallest absolute Gasteiger partial charge is 0.343 e. The van der Waals surface area contributed by atoms with Crippen LogP contribution in [0.4, 0.5) is 0 Å². The number of carbonyl (C=O) groups excluding carboxylic acids is 1. The third-order valence-corrected chi connectivity index (χ3v) is 1.38. The lowest BCUT2D eigenvalue weighted by Gasteiger charge is -1.97. The molecule has 0 aliphatic carbocycles. The van der Waals surface area contributed by atoms with E-state index in [1.807, 2.05) is 0 Å². The summed E-state index contributed by atoms with van der Waals surface area (Å²) in [5, 5.41) is 9.13. The summed E-state index contributed by atoms with van der Waals surface area (Å²) in [4.78, 5) is 21.5.